The molecule has 0 heterocycles. The van der Waals surface area contributed by atoms with Gasteiger partial charge in [0, 0.05) is 36.3 Å². The van der Waals surface area contributed by atoms with Crippen LogP contribution in [0.4, 0.5) is 17.1 Å². The first-order valence-electron chi connectivity index (χ1n) is 11.1. The summed E-state index contributed by atoms with van der Waals surface area (Å²) in [4.78, 5) is 57.8. The molecular formula is C24H27N3O8. The van der Waals surface area contributed by atoms with Crippen molar-refractivity contribution in [2.45, 2.75) is 39.0 Å². The summed E-state index contributed by atoms with van der Waals surface area (Å²) in [5, 5.41) is 15.8. The van der Waals surface area contributed by atoms with Crippen LogP contribution >= 0.6 is 0 Å². The number of carbonyl (C=O) groups excluding carboxylic acids is 4. The maximum absolute atomic E-state index is 12.0. The van der Waals surface area contributed by atoms with Crippen LogP contribution in [0, 0.1) is 10.1 Å². The third-order valence-corrected chi connectivity index (χ3v) is 4.63. The summed E-state index contributed by atoms with van der Waals surface area (Å²) >= 11 is 0. The Morgan fingerprint density at radius 1 is 0.886 bits per heavy atom. The summed E-state index contributed by atoms with van der Waals surface area (Å²) in [6.45, 7) is 1.84. The van der Waals surface area contributed by atoms with E-state index in [0.717, 1.165) is 12.8 Å². The Morgan fingerprint density at radius 3 is 2.29 bits per heavy atom. The van der Waals surface area contributed by atoms with Crippen LogP contribution in [0.5, 0.6) is 0 Å². The minimum atomic E-state index is -0.645. The Kier molecular flexibility index (Phi) is 10.9. The quantitative estimate of drug-likeness (QED) is 0.188. The Bertz CT molecular complexity index is 1050. The van der Waals surface area contributed by atoms with Gasteiger partial charge in [-0.3, -0.25) is 24.5 Å². The number of hydrogen-bond donors (Lipinski definition) is 2. The van der Waals surface area contributed by atoms with Crippen molar-refractivity contribution in [2.24, 2.45) is 0 Å². The third kappa shape index (κ3) is 10.0. The maximum atomic E-state index is 12.0. The molecule has 11 nitrogen and oxygen atoms in total. The van der Waals surface area contributed by atoms with Gasteiger partial charge in [0.1, 0.15) is 0 Å². The molecule has 0 spiro atoms. The molecular weight excluding hydrogens is 458 g/mol. The van der Waals surface area contributed by atoms with Gasteiger partial charge in [0.2, 0.25) is 5.91 Å². The second-order valence-corrected chi connectivity index (χ2v) is 7.48. The van der Waals surface area contributed by atoms with E-state index in [9.17, 15) is 29.3 Å². The fourth-order valence-electron chi connectivity index (χ4n) is 2.81. The number of nitro benzene ring substituents is 1. The van der Waals surface area contributed by atoms with Gasteiger partial charge in [0.05, 0.1) is 17.1 Å². The topological polar surface area (TPSA) is 154 Å². The number of carbonyl (C=O) groups is 4. The molecule has 2 aromatic carbocycles. The van der Waals surface area contributed by atoms with Gasteiger partial charge in [-0.2, -0.15) is 0 Å². The fraction of sp³-hybridized carbons (Fsp3) is 0.333. The molecule has 186 valence electrons. The minimum Gasteiger partial charge on any atom is -0.462 e. The molecule has 0 radical (unpaired) electrons. The predicted molar refractivity (Wildman–Crippen MR) is 127 cm³/mol. The van der Waals surface area contributed by atoms with E-state index in [0.29, 0.717) is 17.9 Å². The molecule has 0 saturated heterocycles. The number of ether oxygens (including phenoxy) is 2. The van der Waals surface area contributed by atoms with E-state index >= 15 is 0 Å². The highest BCUT2D eigenvalue weighted by molar-refractivity contribution is 5.94. The number of amides is 2. The van der Waals surface area contributed by atoms with Crippen LogP contribution in [0.1, 0.15) is 49.4 Å². The number of benzene rings is 2. The van der Waals surface area contributed by atoms with Crippen molar-refractivity contribution in [2.75, 3.05) is 23.8 Å². The monoisotopic (exact) mass is 485 g/mol. The SMILES string of the molecule is CCCCOC(=O)c1ccc(NC(=O)COC(=O)CCCC(=O)Nc2cccc([N+](=O)[O-])c2)cc1. The molecule has 0 aliphatic rings. The first kappa shape index (κ1) is 27.0. The zero-order chi connectivity index (χ0) is 25.6. The lowest BCUT2D eigenvalue weighted by Crippen LogP contribution is -2.21. The summed E-state index contributed by atoms with van der Waals surface area (Å²) in [5.74, 6) is -2.05. The number of rotatable bonds is 13. The van der Waals surface area contributed by atoms with Crippen molar-refractivity contribution in [1.82, 2.24) is 0 Å². The Hall–Kier alpha value is -4.28. The lowest BCUT2D eigenvalue weighted by molar-refractivity contribution is -0.384. The number of unbranched alkanes of at least 4 members (excludes halogenated alkanes) is 1. The standard InChI is InChI=1S/C24H27N3O8/c1-2-3-14-34-24(31)17-10-12-18(13-11-17)25-22(29)16-35-23(30)9-5-8-21(28)26-19-6-4-7-20(15-19)27(32)33/h4,6-7,10-13,15H,2-3,5,8-9,14,16H2,1H3,(H,25,29)(H,26,28). The molecule has 0 unspecified atom stereocenters. The highest BCUT2D eigenvalue weighted by Crippen LogP contribution is 2.17. The Balaban J connectivity index is 1.65. The van der Waals surface area contributed by atoms with E-state index in [-0.39, 0.29) is 30.6 Å². The number of hydrogen-bond acceptors (Lipinski definition) is 8. The van der Waals surface area contributed by atoms with Gasteiger partial charge in [-0.25, -0.2) is 4.79 Å². The van der Waals surface area contributed by atoms with Crippen molar-refractivity contribution >= 4 is 40.8 Å². The van der Waals surface area contributed by atoms with Crippen LogP contribution in [0.25, 0.3) is 0 Å². The smallest absolute Gasteiger partial charge is 0.338 e. The maximum Gasteiger partial charge on any atom is 0.338 e. The van der Waals surface area contributed by atoms with Crippen LogP contribution in [0.2, 0.25) is 0 Å². The van der Waals surface area contributed by atoms with Gasteiger partial charge < -0.3 is 20.1 Å². The molecule has 2 N–H and O–H groups in total. The molecule has 35 heavy (non-hydrogen) atoms. The van der Waals surface area contributed by atoms with Crippen LogP contribution in [-0.4, -0.2) is 41.9 Å². The number of nitrogens with zero attached hydrogens (tertiary/aromatic N) is 1. The highest BCUT2D eigenvalue weighted by atomic mass is 16.6. The zero-order valence-electron chi connectivity index (χ0n) is 19.3. The molecule has 0 fully saturated rings. The third-order valence-electron chi connectivity index (χ3n) is 4.63. The van der Waals surface area contributed by atoms with Crippen molar-refractivity contribution in [1.29, 1.82) is 0 Å². The average molecular weight is 485 g/mol. The molecule has 2 aromatic rings. The molecule has 2 amide bonds. The van der Waals surface area contributed by atoms with Gasteiger partial charge in [-0.15, -0.1) is 0 Å². The zero-order valence-corrected chi connectivity index (χ0v) is 19.3. The summed E-state index contributed by atoms with van der Waals surface area (Å²) in [7, 11) is 0. The summed E-state index contributed by atoms with van der Waals surface area (Å²) in [5.41, 5.74) is 0.921. The number of nitro groups is 1. The molecule has 0 saturated carbocycles. The van der Waals surface area contributed by atoms with Gasteiger partial charge in [-0.05, 0) is 43.2 Å². The molecule has 0 bridgehead atoms. The van der Waals surface area contributed by atoms with Crippen molar-refractivity contribution in [3.05, 3.63) is 64.2 Å². The lowest BCUT2D eigenvalue weighted by atomic mass is 10.2. The number of nitrogens with one attached hydrogen (secondary N) is 2. The predicted octanol–water partition coefficient (Wildman–Crippen LogP) is 3.84. The minimum absolute atomic E-state index is 0.00276. The van der Waals surface area contributed by atoms with E-state index in [4.69, 9.17) is 9.47 Å². The summed E-state index contributed by atoms with van der Waals surface area (Å²) in [6.07, 6.45) is 1.80. The molecule has 0 aliphatic heterocycles. The van der Waals surface area contributed by atoms with E-state index in [2.05, 4.69) is 10.6 Å². The van der Waals surface area contributed by atoms with Gasteiger partial charge in [-0.1, -0.05) is 19.4 Å². The van der Waals surface area contributed by atoms with Gasteiger partial charge >= 0.3 is 11.9 Å². The van der Waals surface area contributed by atoms with E-state index in [1.165, 1.54) is 48.5 Å². The number of esters is 2. The Labute approximate surface area is 201 Å². The van der Waals surface area contributed by atoms with Crippen molar-refractivity contribution in [3.8, 4) is 0 Å². The second kappa shape index (κ2) is 14.1. The molecule has 0 aliphatic carbocycles. The summed E-state index contributed by atoms with van der Waals surface area (Å²) < 4.78 is 10.0. The van der Waals surface area contributed by atoms with Gasteiger partial charge in [0.25, 0.3) is 11.6 Å². The molecule has 0 atom stereocenters. The molecule has 0 aromatic heterocycles. The van der Waals surface area contributed by atoms with Crippen molar-refractivity contribution in [3.63, 3.8) is 0 Å². The van der Waals surface area contributed by atoms with E-state index < -0.39 is 35.3 Å². The largest absolute Gasteiger partial charge is 0.462 e. The van der Waals surface area contributed by atoms with Crippen LogP contribution in [0.15, 0.2) is 48.5 Å². The second-order valence-electron chi connectivity index (χ2n) is 7.48. The average Bonchev–Trinajstić information content (AvgIpc) is 2.83. The van der Waals surface area contributed by atoms with Crippen LogP contribution in [-0.2, 0) is 23.9 Å². The molecule has 2 rings (SSSR count). The Morgan fingerprint density at radius 2 is 1.60 bits per heavy atom. The van der Waals surface area contributed by atoms with Crippen molar-refractivity contribution < 1.29 is 33.6 Å². The molecule has 11 heteroatoms. The van der Waals surface area contributed by atoms with Gasteiger partial charge in [0.15, 0.2) is 6.61 Å². The fourth-order valence-corrected chi connectivity index (χ4v) is 2.81. The summed E-state index contributed by atoms with van der Waals surface area (Å²) in [6, 6.07) is 11.6. The van der Waals surface area contributed by atoms with E-state index in [1.807, 2.05) is 6.92 Å². The van der Waals surface area contributed by atoms with Crippen LogP contribution in [0.3, 0.4) is 0 Å². The van der Waals surface area contributed by atoms with E-state index in [1.54, 1.807) is 0 Å². The number of non-ortho nitro benzene ring substituents is 1. The first-order chi connectivity index (χ1) is 16.8. The first-order valence-corrected chi connectivity index (χ1v) is 11.1. The number of anilines is 2. The van der Waals surface area contributed by atoms with Crippen LogP contribution < -0.4 is 10.6 Å². The normalized spacial score (nSPS) is 10.2. The lowest BCUT2D eigenvalue weighted by Gasteiger charge is -2.08. The highest BCUT2D eigenvalue weighted by Gasteiger charge is 2.12.